The van der Waals surface area contributed by atoms with E-state index in [1.54, 1.807) is 12.1 Å². The lowest BCUT2D eigenvalue weighted by Gasteiger charge is -2.27. The first-order valence-corrected chi connectivity index (χ1v) is 11.9. The summed E-state index contributed by atoms with van der Waals surface area (Å²) in [5, 5.41) is 4.67. The van der Waals surface area contributed by atoms with Gasteiger partial charge in [-0.2, -0.15) is 0 Å². The molecule has 0 radical (unpaired) electrons. The number of rotatable bonds is 4. The molecule has 0 saturated carbocycles. The first-order valence-electron chi connectivity index (χ1n) is 10.3. The first-order chi connectivity index (χ1) is 14.5. The minimum Gasteiger partial charge on any atom is -0.384 e. The summed E-state index contributed by atoms with van der Waals surface area (Å²) >= 11 is 0. The molecule has 2 aliphatic heterocycles. The van der Waals surface area contributed by atoms with E-state index in [0.29, 0.717) is 23.9 Å². The van der Waals surface area contributed by atoms with Crippen LogP contribution in [0.3, 0.4) is 0 Å². The minimum absolute atomic E-state index is 0.0831. The van der Waals surface area contributed by atoms with Crippen LogP contribution in [0.25, 0.3) is 10.9 Å². The van der Waals surface area contributed by atoms with E-state index in [-0.39, 0.29) is 5.75 Å². The zero-order valence-electron chi connectivity index (χ0n) is 17.0. The van der Waals surface area contributed by atoms with Crippen LogP contribution in [0.1, 0.15) is 11.1 Å². The Labute approximate surface area is 176 Å². The number of benzene rings is 2. The third kappa shape index (κ3) is 3.63. The topological polar surface area (TPSA) is 71.5 Å². The van der Waals surface area contributed by atoms with Gasteiger partial charge in [0.05, 0.1) is 29.4 Å². The maximum Gasteiger partial charge on any atom is 0.180 e. The van der Waals surface area contributed by atoms with Crippen molar-refractivity contribution >= 4 is 32.2 Å². The molecule has 1 N–H and O–H groups in total. The average molecular weight is 424 g/mol. The predicted molar refractivity (Wildman–Crippen MR) is 119 cm³/mol. The van der Waals surface area contributed by atoms with Crippen molar-refractivity contribution in [1.82, 2.24) is 4.98 Å². The van der Waals surface area contributed by atoms with Crippen LogP contribution < -0.4 is 10.2 Å². The lowest BCUT2D eigenvalue weighted by Crippen LogP contribution is -2.33. The number of nitrogens with one attached hydrogen (secondary N) is 1. The van der Waals surface area contributed by atoms with E-state index in [9.17, 15) is 8.42 Å². The van der Waals surface area contributed by atoms with Crippen LogP contribution in [0.15, 0.2) is 53.4 Å². The molecule has 2 aliphatic rings. The molecule has 30 heavy (non-hydrogen) atoms. The molecule has 5 rings (SSSR count). The van der Waals surface area contributed by atoms with Gasteiger partial charge in [-0.05, 0) is 30.7 Å². The monoisotopic (exact) mass is 423 g/mol. The summed E-state index contributed by atoms with van der Waals surface area (Å²) in [6, 6.07) is 15.6. The summed E-state index contributed by atoms with van der Waals surface area (Å²) < 4.78 is 30.8. The van der Waals surface area contributed by atoms with Gasteiger partial charge in [0.1, 0.15) is 5.82 Å². The number of fused-ring (bicyclic) bond motifs is 2. The number of sulfone groups is 1. The van der Waals surface area contributed by atoms with Crippen molar-refractivity contribution in [1.29, 1.82) is 0 Å². The quantitative estimate of drug-likeness (QED) is 0.694. The molecule has 1 aromatic heterocycles. The normalized spacial score (nSPS) is 18.5. The van der Waals surface area contributed by atoms with Crippen LogP contribution in [-0.2, 0) is 21.1 Å². The molecular weight excluding hydrogens is 398 g/mol. The molecule has 7 heteroatoms. The number of pyridine rings is 1. The van der Waals surface area contributed by atoms with Gasteiger partial charge in [0.2, 0.25) is 0 Å². The molecule has 0 amide bonds. The van der Waals surface area contributed by atoms with E-state index < -0.39 is 9.84 Å². The van der Waals surface area contributed by atoms with Gasteiger partial charge in [-0.15, -0.1) is 0 Å². The van der Waals surface area contributed by atoms with Crippen LogP contribution in [0.5, 0.6) is 0 Å². The summed E-state index contributed by atoms with van der Waals surface area (Å²) in [4.78, 5) is 7.40. The Morgan fingerprint density at radius 1 is 1.17 bits per heavy atom. The number of hydrogen-bond acceptors (Lipinski definition) is 6. The summed E-state index contributed by atoms with van der Waals surface area (Å²) in [7, 11) is -3.29. The molecule has 6 nitrogen and oxygen atoms in total. The Hall–Kier alpha value is -2.64. The van der Waals surface area contributed by atoms with Crippen molar-refractivity contribution in [2.75, 3.05) is 42.3 Å². The van der Waals surface area contributed by atoms with Crippen molar-refractivity contribution in [2.45, 2.75) is 18.4 Å². The SMILES string of the molecule is Cc1ccc2nc(N3CCS(=O)(=O)c4ccccc4C3)cc(NCC3COC3)c2c1. The van der Waals surface area contributed by atoms with Gasteiger partial charge in [0.15, 0.2) is 9.84 Å². The van der Waals surface area contributed by atoms with Crippen LogP contribution >= 0.6 is 0 Å². The van der Waals surface area contributed by atoms with Crippen molar-refractivity contribution in [3.8, 4) is 0 Å². The summed E-state index contributed by atoms with van der Waals surface area (Å²) in [6.45, 7) is 5.45. The molecule has 156 valence electrons. The van der Waals surface area contributed by atoms with Gasteiger partial charge in [-0.1, -0.05) is 29.8 Å². The molecule has 0 atom stereocenters. The highest BCUT2D eigenvalue weighted by Gasteiger charge is 2.26. The Balaban J connectivity index is 1.54. The Kier molecular flexibility index (Phi) is 4.87. The molecule has 1 fully saturated rings. The van der Waals surface area contributed by atoms with Gasteiger partial charge >= 0.3 is 0 Å². The van der Waals surface area contributed by atoms with Gasteiger partial charge < -0.3 is 15.0 Å². The van der Waals surface area contributed by atoms with Crippen molar-refractivity contribution < 1.29 is 13.2 Å². The van der Waals surface area contributed by atoms with E-state index in [4.69, 9.17) is 9.72 Å². The minimum atomic E-state index is -3.29. The fourth-order valence-corrected chi connectivity index (χ4v) is 5.55. The average Bonchev–Trinajstić information content (AvgIpc) is 2.83. The zero-order chi connectivity index (χ0) is 20.7. The highest BCUT2D eigenvalue weighted by Crippen LogP contribution is 2.31. The molecule has 0 aliphatic carbocycles. The van der Waals surface area contributed by atoms with Crippen molar-refractivity contribution in [3.05, 3.63) is 59.7 Å². The van der Waals surface area contributed by atoms with Crippen LogP contribution in [0.4, 0.5) is 11.5 Å². The maximum atomic E-state index is 12.7. The second kappa shape index (κ2) is 7.56. The molecular formula is C23H25N3O3S. The van der Waals surface area contributed by atoms with E-state index in [1.807, 2.05) is 18.2 Å². The molecule has 3 heterocycles. The van der Waals surface area contributed by atoms with Gasteiger partial charge in [-0.25, -0.2) is 13.4 Å². The highest BCUT2D eigenvalue weighted by molar-refractivity contribution is 7.91. The predicted octanol–water partition coefficient (Wildman–Crippen LogP) is 3.40. The molecule has 2 aromatic carbocycles. The Bertz CT molecular complexity index is 1210. The number of ether oxygens (including phenoxy) is 1. The Morgan fingerprint density at radius 2 is 2.00 bits per heavy atom. The second-order valence-electron chi connectivity index (χ2n) is 8.18. The van der Waals surface area contributed by atoms with E-state index in [2.05, 4.69) is 35.3 Å². The van der Waals surface area contributed by atoms with Crippen molar-refractivity contribution in [2.24, 2.45) is 5.92 Å². The molecule has 1 saturated heterocycles. The first kappa shape index (κ1) is 19.3. The molecule has 0 unspecified atom stereocenters. The van der Waals surface area contributed by atoms with Gasteiger partial charge in [0.25, 0.3) is 0 Å². The summed E-state index contributed by atoms with van der Waals surface area (Å²) in [6.07, 6.45) is 0. The summed E-state index contributed by atoms with van der Waals surface area (Å²) in [5.74, 6) is 1.40. The van der Waals surface area contributed by atoms with Crippen molar-refractivity contribution in [3.63, 3.8) is 0 Å². The maximum absolute atomic E-state index is 12.7. The van der Waals surface area contributed by atoms with E-state index >= 15 is 0 Å². The molecule has 3 aromatic rings. The smallest absolute Gasteiger partial charge is 0.180 e. The molecule has 0 bridgehead atoms. The van der Waals surface area contributed by atoms with Crippen LogP contribution in [0, 0.1) is 12.8 Å². The largest absolute Gasteiger partial charge is 0.384 e. The fraction of sp³-hybridized carbons (Fsp3) is 0.348. The van der Waals surface area contributed by atoms with Crippen LogP contribution in [0.2, 0.25) is 0 Å². The standard InChI is InChI=1S/C23H25N3O3S/c1-16-6-7-20-19(10-16)21(24-12-17-14-29-15-17)11-23(25-20)26-8-9-30(27,28)22-5-3-2-4-18(22)13-26/h2-7,10-11,17H,8-9,12-15H2,1H3,(H,24,25). The third-order valence-electron chi connectivity index (χ3n) is 5.86. The number of aromatic nitrogens is 1. The lowest BCUT2D eigenvalue weighted by atomic mass is 10.1. The summed E-state index contributed by atoms with van der Waals surface area (Å²) in [5.41, 5.74) is 3.95. The van der Waals surface area contributed by atoms with Gasteiger partial charge in [-0.3, -0.25) is 0 Å². The van der Waals surface area contributed by atoms with Crippen LogP contribution in [-0.4, -0.2) is 45.5 Å². The third-order valence-corrected chi connectivity index (χ3v) is 7.65. The highest BCUT2D eigenvalue weighted by atomic mass is 32.2. The fourth-order valence-electron chi connectivity index (χ4n) is 4.05. The number of hydrogen-bond donors (Lipinski definition) is 1. The lowest BCUT2D eigenvalue weighted by molar-refractivity contribution is -0.0248. The number of aryl methyl sites for hydroxylation is 1. The second-order valence-corrected chi connectivity index (χ2v) is 10.3. The zero-order valence-corrected chi connectivity index (χ0v) is 17.8. The van der Waals surface area contributed by atoms with E-state index in [0.717, 1.165) is 47.7 Å². The number of nitrogens with zero attached hydrogens (tertiary/aromatic N) is 2. The van der Waals surface area contributed by atoms with E-state index in [1.165, 1.54) is 5.56 Å². The molecule has 0 spiro atoms. The Morgan fingerprint density at radius 3 is 2.80 bits per heavy atom. The van der Waals surface area contributed by atoms with Gasteiger partial charge in [0, 0.05) is 42.7 Å². The number of anilines is 2.